The molecule has 19 heavy (non-hydrogen) atoms. The number of nitrogens with zero attached hydrogens (tertiary/aromatic N) is 2. The van der Waals surface area contributed by atoms with Gasteiger partial charge in [0.15, 0.2) is 0 Å². The van der Waals surface area contributed by atoms with E-state index in [-0.39, 0.29) is 17.8 Å². The van der Waals surface area contributed by atoms with Crippen molar-refractivity contribution in [1.29, 1.82) is 0 Å². The van der Waals surface area contributed by atoms with Crippen LogP contribution < -0.4 is 4.90 Å². The van der Waals surface area contributed by atoms with Gasteiger partial charge in [-0.25, -0.2) is 4.39 Å². The quantitative estimate of drug-likeness (QED) is 0.776. The van der Waals surface area contributed by atoms with Crippen molar-refractivity contribution in [3.8, 4) is 0 Å². The maximum absolute atomic E-state index is 13.7. The molecule has 5 heteroatoms. The van der Waals surface area contributed by atoms with Crippen LogP contribution in [-0.4, -0.2) is 50.2 Å². The van der Waals surface area contributed by atoms with Gasteiger partial charge in [-0.1, -0.05) is 12.1 Å². The van der Waals surface area contributed by atoms with Gasteiger partial charge in [0.25, 0.3) is 0 Å². The van der Waals surface area contributed by atoms with Crippen molar-refractivity contribution in [2.24, 2.45) is 0 Å². The summed E-state index contributed by atoms with van der Waals surface area (Å²) in [5.74, 6) is -0.420. The first-order chi connectivity index (χ1) is 9.13. The zero-order valence-corrected chi connectivity index (χ0v) is 11.3. The number of carbonyl (C=O) groups is 1. The number of piperazine rings is 1. The number of methoxy groups -OCH3 is 1. The second-order valence-corrected chi connectivity index (χ2v) is 4.67. The van der Waals surface area contributed by atoms with Crippen LogP contribution in [0.4, 0.5) is 10.1 Å². The van der Waals surface area contributed by atoms with Crippen LogP contribution in [0.3, 0.4) is 0 Å². The molecule has 0 N–H and O–H groups in total. The first-order valence-corrected chi connectivity index (χ1v) is 6.45. The first kappa shape index (κ1) is 13.8. The lowest BCUT2D eigenvalue weighted by atomic mass is 10.2. The molecule has 4 nitrogen and oxygen atoms in total. The number of rotatable bonds is 3. The van der Waals surface area contributed by atoms with E-state index in [2.05, 4.69) is 4.90 Å². The normalized spacial score (nSPS) is 18.2. The molecule has 1 aromatic rings. The SMILES string of the molecule is COC(=O)C(C)N1CCN(c2ccccc2F)CC1. The molecule has 1 aromatic carbocycles. The minimum absolute atomic E-state index is 0.197. The van der Waals surface area contributed by atoms with E-state index < -0.39 is 0 Å². The summed E-state index contributed by atoms with van der Waals surface area (Å²) in [6, 6.07) is 6.54. The van der Waals surface area contributed by atoms with Crippen LogP contribution >= 0.6 is 0 Å². The third-order valence-electron chi connectivity index (χ3n) is 3.60. The Labute approximate surface area is 112 Å². The van der Waals surface area contributed by atoms with Gasteiger partial charge in [-0.15, -0.1) is 0 Å². The fraction of sp³-hybridized carbons (Fsp3) is 0.500. The molecule has 0 saturated carbocycles. The molecule has 1 atom stereocenters. The number of carbonyl (C=O) groups excluding carboxylic acids is 1. The number of benzene rings is 1. The number of para-hydroxylation sites is 1. The van der Waals surface area contributed by atoms with E-state index in [1.807, 2.05) is 17.9 Å². The molecular formula is C14H19FN2O2. The highest BCUT2D eigenvalue weighted by Crippen LogP contribution is 2.20. The lowest BCUT2D eigenvalue weighted by molar-refractivity contribution is -0.146. The van der Waals surface area contributed by atoms with Crippen molar-refractivity contribution >= 4 is 11.7 Å². The molecule has 0 aliphatic carbocycles. The fourth-order valence-electron chi connectivity index (χ4n) is 2.38. The second-order valence-electron chi connectivity index (χ2n) is 4.67. The zero-order valence-electron chi connectivity index (χ0n) is 11.3. The number of anilines is 1. The molecule has 0 bridgehead atoms. The number of hydrogen-bond donors (Lipinski definition) is 0. The lowest BCUT2D eigenvalue weighted by Crippen LogP contribution is -2.52. The molecule has 1 aliphatic heterocycles. The Morgan fingerprint density at radius 2 is 1.89 bits per heavy atom. The summed E-state index contributed by atoms with van der Waals surface area (Å²) in [5.41, 5.74) is 0.632. The Morgan fingerprint density at radius 3 is 2.47 bits per heavy atom. The van der Waals surface area contributed by atoms with Gasteiger partial charge in [0, 0.05) is 26.2 Å². The molecule has 0 amide bonds. The highest BCUT2D eigenvalue weighted by molar-refractivity contribution is 5.75. The molecular weight excluding hydrogens is 247 g/mol. The van der Waals surface area contributed by atoms with Crippen LogP contribution in [-0.2, 0) is 9.53 Å². The van der Waals surface area contributed by atoms with E-state index >= 15 is 0 Å². The summed E-state index contributed by atoms with van der Waals surface area (Å²) < 4.78 is 18.4. The van der Waals surface area contributed by atoms with Crippen molar-refractivity contribution < 1.29 is 13.9 Å². The molecule has 0 spiro atoms. The van der Waals surface area contributed by atoms with E-state index in [1.54, 1.807) is 12.1 Å². The van der Waals surface area contributed by atoms with Crippen LogP contribution in [0.25, 0.3) is 0 Å². The number of esters is 1. The molecule has 1 saturated heterocycles. The molecule has 0 aromatic heterocycles. The third-order valence-corrected chi connectivity index (χ3v) is 3.60. The summed E-state index contributed by atoms with van der Waals surface area (Å²) in [6.45, 7) is 4.71. The monoisotopic (exact) mass is 266 g/mol. The number of hydrogen-bond acceptors (Lipinski definition) is 4. The largest absolute Gasteiger partial charge is 0.468 e. The molecule has 0 radical (unpaired) electrons. The topological polar surface area (TPSA) is 32.8 Å². The fourth-order valence-corrected chi connectivity index (χ4v) is 2.38. The highest BCUT2D eigenvalue weighted by atomic mass is 19.1. The zero-order chi connectivity index (χ0) is 13.8. The van der Waals surface area contributed by atoms with Crippen LogP contribution in [0.1, 0.15) is 6.92 Å². The van der Waals surface area contributed by atoms with Crippen molar-refractivity contribution in [3.05, 3.63) is 30.1 Å². The van der Waals surface area contributed by atoms with Gasteiger partial charge in [0.05, 0.1) is 12.8 Å². The third kappa shape index (κ3) is 3.04. The standard InChI is InChI=1S/C14H19FN2O2/c1-11(14(18)19-2)16-7-9-17(10-8-16)13-6-4-3-5-12(13)15/h3-6,11H,7-10H2,1-2H3. The highest BCUT2D eigenvalue weighted by Gasteiger charge is 2.26. The predicted molar refractivity (Wildman–Crippen MR) is 71.7 cm³/mol. The van der Waals surface area contributed by atoms with Gasteiger partial charge < -0.3 is 9.64 Å². The summed E-state index contributed by atoms with van der Waals surface area (Å²) in [6.07, 6.45) is 0. The van der Waals surface area contributed by atoms with E-state index in [4.69, 9.17) is 4.74 Å². The van der Waals surface area contributed by atoms with E-state index in [9.17, 15) is 9.18 Å². The smallest absolute Gasteiger partial charge is 0.322 e. The summed E-state index contributed by atoms with van der Waals surface area (Å²) in [7, 11) is 1.40. The summed E-state index contributed by atoms with van der Waals surface area (Å²) >= 11 is 0. The van der Waals surface area contributed by atoms with E-state index in [1.165, 1.54) is 13.2 Å². The van der Waals surface area contributed by atoms with Gasteiger partial charge in [-0.3, -0.25) is 9.69 Å². The molecule has 104 valence electrons. The number of ether oxygens (including phenoxy) is 1. The second kappa shape index (κ2) is 6.02. The van der Waals surface area contributed by atoms with Crippen LogP contribution in [0.5, 0.6) is 0 Å². The van der Waals surface area contributed by atoms with Gasteiger partial charge in [-0.2, -0.15) is 0 Å². The molecule has 1 fully saturated rings. The Kier molecular flexibility index (Phi) is 4.37. The van der Waals surface area contributed by atoms with Gasteiger partial charge in [0.2, 0.25) is 0 Å². The molecule has 1 aliphatic rings. The summed E-state index contributed by atoms with van der Waals surface area (Å²) in [5, 5.41) is 0. The Balaban J connectivity index is 1.96. The van der Waals surface area contributed by atoms with Crippen molar-refractivity contribution in [1.82, 2.24) is 4.90 Å². The summed E-state index contributed by atoms with van der Waals surface area (Å²) in [4.78, 5) is 15.5. The van der Waals surface area contributed by atoms with Gasteiger partial charge in [0.1, 0.15) is 11.9 Å². The van der Waals surface area contributed by atoms with E-state index in [0.29, 0.717) is 18.8 Å². The lowest BCUT2D eigenvalue weighted by Gasteiger charge is -2.38. The molecule has 2 rings (SSSR count). The predicted octanol–water partition coefficient (Wildman–Crippen LogP) is 1.51. The van der Waals surface area contributed by atoms with Crippen molar-refractivity contribution in [3.63, 3.8) is 0 Å². The minimum atomic E-state index is -0.243. The van der Waals surface area contributed by atoms with Crippen molar-refractivity contribution in [2.45, 2.75) is 13.0 Å². The number of halogens is 1. The van der Waals surface area contributed by atoms with Gasteiger partial charge >= 0.3 is 5.97 Å². The van der Waals surface area contributed by atoms with Crippen LogP contribution in [0.15, 0.2) is 24.3 Å². The Bertz CT molecular complexity index is 445. The minimum Gasteiger partial charge on any atom is -0.468 e. The van der Waals surface area contributed by atoms with E-state index in [0.717, 1.165) is 13.1 Å². The first-order valence-electron chi connectivity index (χ1n) is 6.45. The molecule has 1 heterocycles. The van der Waals surface area contributed by atoms with Crippen LogP contribution in [0.2, 0.25) is 0 Å². The molecule has 1 unspecified atom stereocenters. The Hall–Kier alpha value is -1.62. The Morgan fingerprint density at radius 1 is 1.26 bits per heavy atom. The van der Waals surface area contributed by atoms with Crippen LogP contribution in [0, 0.1) is 5.82 Å². The van der Waals surface area contributed by atoms with Gasteiger partial charge in [-0.05, 0) is 19.1 Å². The maximum Gasteiger partial charge on any atom is 0.322 e. The van der Waals surface area contributed by atoms with Crippen molar-refractivity contribution in [2.75, 3.05) is 38.2 Å². The average Bonchev–Trinajstić information content (AvgIpc) is 2.46. The maximum atomic E-state index is 13.7. The average molecular weight is 266 g/mol.